The number of carbonyl (C=O) groups excluding carboxylic acids is 1. The molecule has 0 aliphatic carbocycles. The lowest BCUT2D eigenvalue weighted by Crippen LogP contribution is -2.34. The molecule has 132 valence electrons. The Labute approximate surface area is 145 Å². The van der Waals surface area contributed by atoms with Crippen LogP contribution in [-0.2, 0) is 21.4 Å². The lowest BCUT2D eigenvalue weighted by Gasteiger charge is -2.24. The second-order valence-electron chi connectivity index (χ2n) is 6.18. The second kappa shape index (κ2) is 7.34. The first-order valence-corrected chi connectivity index (χ1v) is 7.70. The van der Waals surface area contributed by atoms with Gasteiger partial charge >= 0.3 is 5.97 Å². The van der Waals surface area contributed by atoms with E-state index < -0.39 is 23.6 Å². The predicted octanol–water partition coefficient (Wildman–Crippen LogP) is 3.38. The number of rotatable bonds is 6. The molecule has 0 bridgehead atoms. The number of hydrogen-bond acceptors (Lipinski definition) is 3. The Morgan fingerprint density at radius 2 is 1.80 bits per heavy atom. The third kappa shape index (κ3) is 4.35. The van der Waals surface area contributed by atoms with E-state index in [1.54, 1.807) is 45.2 Å². The van der Waals surface area contributed by atoms with Crippen LogP contribution in [0.3, 0.4) is 0 Å². The van der Waals surface area contributed by atoms with Crippen LogP contribution in [0.2, 0.25) is 0 Å². The van der Waals surface area contributed by atoms with E-state index in [2.05, 4.69) is 5.32 Å². The zero-order valence-electron chi connectivity index (χ0n) is 14.3. The molecule has 25 heavy (non-hydrogen) atoms. The monoisotopic (exact) mass is 345 g/mol. The van der Waals surface area contributed by atoms with E-state index in [1.165, 1.54) is 12.1 Å². The molecule has 0 spiro atoms. The SMILES string of the molecule is COc1ccc(C(C)(C)C(=O)Nc2ccc(CC(=O)O)c(F)c2)cc1. The first kappa shape index (κ1) is 18.4. The summed E-state index contributed by atoms with van der Waals surface area (Å²) in [4.78, 5) is 23.3. The summed E-state index contributed by atoms with van der Waals surface area (Å²) in [6.07, 6.45) is -0.405. The minimum Gasteiger partial charge on any atom is -0.497 e. The average molecular weight is 345 g/mol. The van der Waals surface area contributed by atoms with E-state index in [0.29, 0.717) is 5.75 Å². The number of hydrogen-bond donors (Lipinski definition) is 2. The Morgan fingerprint density at radius 3 is 2.32 bits per heavy atom. The average Bonchev–Trinajstić information content (AvgIpc) is 2.57. The molecule has 0 saturated heterocycles. The van der Waals surface area contributed by atoms with Crippen molar-refractivity contribution in [2.75, 3.05) is 12.4 Å². The van der Waals surface area contributed by atoms with Crippen LogP contribution in [0.5, 0.6) is 5.75 Å². The number of carboxylic acids is 1. The highest BCUT2D eigenvalue weighted by Crippen LogP contribution is 2.27. The summed E-state index contributed by atoms with van der Waals surface area (Å²) in [5, 5.41) is 11.4. The first-order valence-electron chi connectivity index (χ1n) is 7.70. The molecule has 0 aliphatic rings. The Bertz CT molecular complexity index is 785. The Morgan fingerprint density at radius 1 is 1.16 bits per heavy atom. The minimum atomic E-state index is -1.11. The standard InChI is InChI=1S/C19H20FNO4/c1-19(2,13-5-8-15(25-3)9-6-13)18(24)21-14-7-4-12(10-17(22)23)16(20)11-14/h4-9,11H,10H2,1-3H3,(H,21,24)(H,22,23). The number of ether oxygens (including phenoxy) is 1. The number of carboxylic acid groups (broad SMARTS) is 1. The van der Waals surface area contributed by atoms with Crippen LogP contribution in [-0.4, -0.2) is 24.1 Å². The molecule has 0 aliphatic heterocycles. The van der Waals surface area contributed by atoms with E-state index in [4.69, 9.17) is 9.84 Å². The molecule has 0 saturated carbocycles. The van der Waals surface area contributed by atoms with Gasteiger partial charge in [0, 0.05) is 5.69 Å². The Kier molecular flexibility index (Phi) is 5.41. The van der Waals surface area contributed by atoms with Crippen LogP contribution in [0.4, 0.5) is 10.1 Å². The van der Waals surface area contributed by atoms with Crippen molar-refractivity contribution in [3.63, 3.8) is 0 Å². The van der Waals surface area contributed by atoms with Gasteiger partial charge in [-0.1, -0.05) is 18.2 Å². The fourth-order valence-corrected chi connectivity index (χ4v) is 2.36. The molecule has 2 aromatic rings. The van der Waals surface area contributed by atoms with Crippen molar-refractivity contribution >= 4 is 17.6 Å². The number of benzene rings is 2. The molecule has 2 aromatic carbocycles. The number of carbonyl (C=O) groups is 2. The highest BCUT2D eigenvalue weighted by Gasteiger charge is 2.30. The summed E-state index contributed by atoms with van der Waals surface area (Å²) >= 11 is 0. The van der Waals surface area contributed by atoms with Crippen molar-refractivity contribution in [3.05, 3.63) is 59.4 Å². The molecule has 6 heteroatoms. The van der Waals surface area contributed by atoms with Crippen LogP contribution >= 0.6 is 0 Å². The number of anilines is 1. The van der Waals surface area contributed by atoms with E-state index >= 15 is 0 Å². The normalized spacial score (nSPS) is 11.0. The predicted molar refractivity (Wildman–Crippen MR) is 92.4 cm³/mol. The van der Waals surface area contributed by atoms with E-state index in [1.807, 2.05) is 0 Å². The van der Waals surface area contributed by atoms with Gasteiger partial charge in [0.25, 0.3) is 0 Å². The van der Waals surface area contributed by atoms with Crippen molar-refractivity contribution in [1.29, 1.82) is 0 Å². The maximum atomic E-state index is 13.9. The van der Waals surface area contributed by atoms with E-state index in [-0.39, 0.29) is 17.2 Å². The third-order valence-electron chi connectivity index (χ3n) is 4.03. The second-order valence-corrected chi connectivity index (χ2v) is 6.18. The zero-order valence-corrected chi connectivity index (χ0v) is 14.3. The fourth-order valence-electron chi connectivity index (χ4n) is 2.36. The van der Waals surface area contributed by atoms with Crippen LogP contribution in [0.1, 0.15) is 25.0 Å². The van der Waals surface area contributed by atoms with Crippen molar-refractivity contribution in [1.82, 2.24) is 0 Å². The van der Waals surface area contributed by atoms with Crippen LogP contribution in [0, 0.1) is 5.82 Å². The number of aliphatic carboxylic acids is 1. The van der Waals surface area contributed by atoms with Crippen molar-refractivity contribution in [3.8, 4) is 5.75 Å². The minimum absolute atomic E-state index is 0.0694. The van der Waals surface area contributed by atoms with Gasteiger partial charge in [0.2, 0.25) is 5.91 Å². The molecule has 5 nitrogen and oxygen atoms in total. The molecule has 1 amide bonds. The number of amides is 1. The quantitative estimate of drug-likeness (QED) is 0.842. The van der Waals surface area contributed by atoms with Gasteiger partial charge in [-0.2, -0.15) is 0 Å². The van der Waals surface area contributed by atoms with E-state index in [0.717, 1.165) is 11.6 Å². The maximum Gasteiger partial charge on any atom is 0.307 e. The van der Waals surface area contributed by atoms with Gasteiger partial charge in [-0.05, 0) is 49.2 Å². The summed E-state index contributed by atoms with van der Waals surface area (Å²) in [6, 6.07) is 11.1. The number of methoxy groups -OCH3 is 1. The molecule has 0 heterocycles. The summed E-state index contributed by atoms with van der Waals surface area (Å²) in [5.74, 6) is -1.39. The molecule has 0 radical (unpaired) electrons. The van der Waals surface area contributed by atoms with Gasteiger partial charge < -0.3 is 15.2 Å². The van der Waals surface area contributed by atoms with E-state index in [9.17, 15) is 14.0 Å². The van der Waals surface area contributed by atoms with Crippen LogP contribution < -0.4 is 10.1 Å². The molecule has 0 atom stereocenters. The maximum absolute atomic E-state index is 13.9. The molecule has 0 fully saturated rings. The molecular formula is C19H20FNO4. The largest absolute Gasteiger partial charge is 0.497 e. The van der Waals surface area contributed by atoms with Crippen molar-refractivity contribution in [2.45, 2.75) is 25.7 Å². The first-order chi connectivity index (χ1) is 11.7. The lowest BCUT2D eigenvalue weighted by atomic mass is 9.83. The topological polar surface area (TPSA) is 75.6 Å². The fraction of sp³-hybridized carbons (Fsp3) is 0.263. The highest BCUT2D eigenvalue weighted by molar-refractivity contribution is 5.98. The summed E-state index contributed by atoms with van der Waals surface area (Å²) in [7, 11) is 1.56. The molecular weight excluding hydrogens is 325 g/mol. The van der Waals surface area contributed by atoms with Crippen molar-refractivity contribution in [2.24, 2.45) is 0 Å². The van der Waals surface area contributed by atoms with Gasteiger partial charge in [0.15, 0.2) is 0 Å². The summed E-state index contributed by atoms with van der Waals surface area (Å²) in [5.41, 5.74) is 0.287. The zero-order chi connectivity index (χ0) is 18.6. The van der Waals surface area contributed by atoms with Crippen LogP contribution in [0.15, 0.2) is 42.5 Å². The van der Waals surface area contributed by atoms with Gasteiger partial charge in [0.05, 0.1) is 18.9 Å². The summed E-state index contributed by atoms with van der Waals surface area (Å²) < 4.78 is 19.0. The number of nitrogens with one attached hydrogen (secondary N) is 1. The summed E-state index contributed by atoms with van der Waals surface area (Å²) in [6.45, 7) is 3.53. The third-order valence-corrected chi connectivity index (χ3v) is 4.03. The smallest absolute Gasteiger partial charge is 0.307 e. The number of halogens is 1. The molecule has 2 N–H and O–H groups in total. The highest BCUT2D eigenvalue weighted by atomic mass is 19.1. The Balaban J connectivity index is 2.16. The molecule has 0 aromatic heterocycles. The van der Waals surface area contributed by atoms with Crippen molar-refractivity contribution < 1.29 is 23.8 Å². The molecule has 2 rings (SSSR count). The molecule has 0 unspecified atom stereocenters. The van der Waals surface area contributed by atoms with Gasteiger partial charge in [-0.15, -0.1) is 0 Å². The van der Waals surface area contributed by atoms with Crippen LogP contribution in [0.25, 0.3) is 0 Å². The van der Waals surface area contributed by atoms with Gasteiger partial charge in [-0.25, -0.2) is 4.39 Å². The van der Waals surface area contributed by atoms with Gasteiger partial charge in [-0.3, -0.25) is 9.59 Å². The Hall–Kier alpha value is -2.89. The lowest BCUT2D eigenvalue weighted by molar-refractivity contribution is -0.136. The van der Waals surface area contributed by atoms with Gasteiger partial charge in [0.1, 0.15) is 11.6 Å².